The minimum atomic E-state index is -0.375. The van der Waals surface area contributed by atoms with E-state index in [2.05, 4.69) is 5.32 Å². The largest absolute Gasteiger partial charge is 0.314 e. The molecule has 0 unspecified atom stereocenters. The molecule has 1 aromatic rings. The molecule has 1 saturated carbocycles. The minimum Gasteiger partial charge on any atom is -0.314 e. The number of carbonyl (C=O) groups is 2. The number of anilines is 1. The first-order valence-electron chi connectivity index (χ1n) is 7.43. The normalized spacial score (nSPS) is 17.8. The lowest BCUT2D eigenvalue weighted by Gasteiger charge is -2.16. The van der Waals surface area contributed by atoms with Crippen LogP contribution in [0.25, 0.3) is 0 Å². The summed E-state index contributed by atoms with van der Waals surface area (Å²) in [4.78, 5) is 25.7. The second kappa shape index (κ2) is 5.37. The molecule has 2 aliphatic rings. The van der Waals surface area contributed by atoms with Crippen LogP contribution in [0.2, 0.25) is 0 Å². The Kier molecular flexibility index (Phi) is 3.57. The highest BCUT2D eigenvalue weighted by atomic mass is 16.2. The molecule has 1 aliphatic carbocycles. The predicted molar refractivity (Wildman–Crippen MR) is 78.1 cm³/mol. The Bertz CT molecular complexity index is 549. The summed E-state index contributed by atoms with van der Waals surface area (Å²) >= 11 is 0. The quantitative estimate of drug-likeness (QED) is 0.636. The Labute approximate surface area is 119 Å². The van der Waals surface area contributed by atoms with E-state index in [-0.39, 0.29) is 11.7 Å². The number of hydrogen-bond acceptors (Lipinski definition) is 3. The van der Waals surface area contributed by atoms with Crippen molar-refractivity contribution >= 4 is 17.4 Å². The molecule has 106 valence electrons. The van der Waals surface area contributed by atoms with Crippen LogP contribution >= 0.6 is 0 Å². The number of Topliss-reactive ketones (excluding diaryl/α,β-unsaturated/α-hetero) is 1. The zero-order chi connectivity index (χ0) is 14.1. The van der Waals surface area contributed by atoms with Crippen LogP contribution in [0.15, 0.2) is 18.2 Å². The van der Waals surface area contributed by atoms with Gasteiger partial charge in [-0.2, -0.15) is 0 Å². The highest BCUT2D eigenvalue weighted by Crippen LogP contribution is 2.30. The van der Waals surface area contributed by atoms with Gasteiger partial charge in [0.25, 0.3) is 11.7 Å². The molecule has 1 heterocycles. The number of benzene rings is 1. The van der Waals surface area contributed by atoms with Gasteiger partial charge in [-0.05, 0) is 49.9 Å². The van der Waals surface area contributed by atoms with Crippen molar-refractivity contribution in [3.8, 4) is 0 Å². The van der Waals surface area contributed by atoms with Crippen LogP contribution in [-0.4, -0.2) is 30.8 Å². The summed E-state index contributed by atoms with van der Waals surface area (Å²) in [7, 11) is 0. The lowest BCUT2D eigenvalue weighted by Crippen LogP contribution is -2.32. The average Bonchev–Trinajstić information content (AvgIpc) is 3.26. The van der Waals surface area contributed by atoms with Crippen LogP contribution in [0.5, 0.6) is 0 Å². The second-order valence-corrected chi connectivity index (χ2v) is 5.57. The molecule has 1 amide bonds. The van der Waals surface area contributed by atoms with Gasteiger partial charge in [-0.1, -0.05) is 13.0 Å². The maximum absolute atomic E-state index is 12.1. The lowest BCUT2D eigenvalue weighted by molar-refractivity contribution is -0.114. The van der Waals surface area contributed by atoms with E-state index >= 15 is 0 Å². The Morgan fingerprint density at radius 1 is 1.30 bits per heavy atom. The molecular weight excluding hydrogens is 252 g/mol. The molecule has 1 aromatic carbocycles. The van der Waals surface area contributed by atoms with Crippen molar-refractivity contribution in [2.75, 3.05) is 18.0 Å². The maximum atomic E-state index is 12.1. The van der Waals surface area contributed by atoms with Gasteiger partial charge in [0.15, 0.2) is 0 Å². The van der Waals surface area contributed by atoms with Crippen LogP contribution in [0.1, 0.15) is 42.1 Å². The molecule has 3 rings (SSSR count). The fourth-order valence-corrected chi connectivity index (χ4v) is 2.62. The van der Waals surface area contributed by atoms with Crippen molar-refractivity contribution in [1.82, 2.24) is 5.32 Å². The van der Waals surface area contributed by atoms with Crippen molar-refractivity contribution in [3.05, 3.63) is 29.3 Å². The summed E-state index contributed by atoms with van der Waals surface area (Å²) in [6.07, 6.45) is 4.29. The summed E-state index contributed by atoms with van der Waals surface area (Å²) in [5, 5.41) is 3.43. The van der Waals surface area contributed by atoms with E-state index < -0.39 is 0 Å². The number of nitrogens with one attached hydrogen (secondary N) is 1. The first-order chi connectivity index (χ1) is 9.70. The van der Waals surface area contributed by atoms with Crippen molar-refractivity contribution < 1.29 is 9.59 Å². The molecule has 1 fully saturated rings. The number of ketones is 1. The first kappa shape index (κ1) is 13.3. The number of nitrogens with zero attached hydrogens (tertiary/aromatic N) is 1. The van der Waals surface area contributed by atoms with E-state index in [0.29, 0.717) is 18.2 Å². The molecule has 0 atom stereocenters. The van der Waals surface area contributed by atoms with Gasteiger partial charge in [0.05, 0.1) is 11.3 Å². The van der Waals surface area contributed by atoms with Gasteiger partial charge in [0, 0.05) is 12.6 Å². The Morgan fingerprint density at radius 2 is 2.10 bits per heavy atom. The molecule has 0 aromatic heterocycles. The first-order valence-corrected chi connectivity index (χ1v) is 7.43. The van der Waals surface area contributed by atoms with Gasteiger partial charge in [0.2, 0.25) is 0 Å². The molecule has 20 heavy (non-hydrogen) atoms. The Hall–Kier alpha value is -1.68. The van der Waals surface area contributed by atoms with Crippen LogP contribution < -0.4 is 10.2 Å². The monoisotopic (exact) mass is 272 g/mol. The van der Waals surface area contributed by atoms with Crippen molar-refractivity contribution in [3.63, 3.8) is 0 Å². The highest BCUT2D eigenvalue weighted by Gasteiger charge is 2.35. The van der Waals surface area contributed by atoms with Gasteiger partial charge in [-0.15, -0.1) is 0 Å². The van der Waals surface area contributed by atoms with E-state index in [4.69, 9.17) is 0 Å². The third kappa shape index (κ3) is 2.48. The van der Waals surface area contributed by atoms with E-state index in [0.717, 1.165) is 30.6 Å². The van der Waals surface area contributed by atoms with Gasteiger partial charge < -0.3 is 10.2 Å². The standard InChI is InChI=1S/C16H20N2O2/c1-2-11-4-7-14-13(10-11)15(19)16(20)18(14)9-3-8-17-12-5-6-12/h4,7,10,12,17H,2-3,5-6,8-9H2,1H3. The zero-order valence-electron chi connectivity index (χ0n) is 11.8. The molecular formula is C16H20N2O2. The number of hydrogen-bond donors (Lipinski definition) is 1. The van der Waals surface area contributed by atoms with Crippen molar-refractivity contribution in [1.29, 1.82) is 0 Å². The smallest absolute Gasteiger partial charge is 0.299 e. The Morgan fingerprint density at radius 3 is 2.80 bits per heavy atom. The molecule has 4 heteroatoms. The van der Waals surface area contributed by atoms with E-state index in [9.17, 15) is 9.59 Å². The summed E-state index contributed by atoms with van der Waals surface area (Å²) in [5.74, 6) is -0.731. The number of rotatable bonds is 6. The van der Waals surface area contributed by atoms with Gasteiger partial charge >= 0.3 is 0 Å². The molecule has 1 aliphatic heterocycles. The summed E-state index contributed by atoms with van der Waals surface area (Å²) in [5.41, 5.74) is 2.45. The molecule has 1 N–H and O–H groups in total. The maximum Gasteiger partial charge on any atom is 0.299 e. The number of carbonyl (C=O) groups excluding carboxylic acids is 2. The summed E-state index contributed by atoms with van der Waals surface area (Å²) < 4.78 is 0. The number of fused-ring (bicyclic) bond motifs is 1. The fourth-order valence-electron chi connectivity index (χ4n) is 2.62. The summed E-state index contributed by atoms with van der Waals surface area (Å²) in [6, 6.07) is 6.45. The molecule has 0 radical (unpaired) electrons. The highest BCUT2D eigenvalue weighted by molar-refractivity contribution is 6.52. The van der Waals surface area contributed by atoms with Crippen LogP contribution in [0.4, 0.5) is 5.69 Å². The van der Waals surface area contributed by atoms with Gasteiger partial charge in [0.1, 0.15) is 0 Å². The van der Waals surface area contributed by atoms with E-state index in [1.807, 2.05) is 25.1 Å². The average molecular weight is 272 g/mol. The lowest BCUT2D eigenvalue weighted by atomic mass is 10.1. The van der Waals surface area contributed by atoms with Gasteiger partial charge in [-0.25, -0.2) is 0 Å². The van der Waals surface area contributed by atoms with Crippen LogP contribution in [-0.2, 0) is 11.2 Å². The number of aryl methyl sites for hydroxylation is 1. The van der Waals surface area contributed by atoms with Crippen LogP contribution in [0, 0.1) is 0 Å². The van der Waals surface area contributed by atoms with E-state index in [1.54, 1.807) is 4.90 Å². The minimum absolute atomic E-state index is 0.356. The number of amides is 1. The summed E-state index contributed by atoms with van der Waals surface area (Å²) in [6.45, 7) is 3.57. The van der Waals surface area contributed by atoms with Crippen molar-refractivity contribution in [2.45, 2.75) is 38.6 Å². The van der Waals surface area contributed by atoms with Crippen molar-refractivity contribution in [2.24, 2.45) is 0 Å². The van der Waals surface area contributed by atoms with E-state index in [1.165, 1.54) is 12.8 Å². The third-order valence-corrected chi connectivity index (χ3v) is 4.01. The van der Waals surface area contributed by atoms with Crippen LogP contribution in [0.3, 0.4) is 0 Å². The fraction of sp³-hybridized carbons (Fsp3) is 0.500. The SMILES string of the molecule is CCc1ccc2c(c1)C(=O)C(=O)N2CCCNC1CC1. The second-order valence-electron chi connectivity index (χ2n) is 5.57. The third-order valence-electron chi connectivity index (χ3n) is 4.01. The zero-order valence-corrected chi connectivity index (χ0v) is 11.8. The van der Waals surface area contributed by atoms with Gasteiger partial charge in [-0.3, -0.25) is 9.59 Å². The Balaban J connectivity index is 1.68. The molecule has 0 spiro atoms. The topological polar surface area (TPSA) is 49.4 Å². The molecule has 0 saturated heterocycles. The molecule has 0 bridgehead atoms. The predicted octanol–water partition coefficient (Wildman–Crippen LogP) is 1.92. The molecule has 4 nitrogen and oxygen atoms in total.